The quantitative estimate of drug-likeness (QED) is 0.423. The number of carbonyl (C=O) groups excluding carboxylic acids is 1. The molecular formula is C27H28N2O3. The molecule has 1 amide bonds. The van der Waals surface area contributed by atoms with Crippen molar-refractivity contribution in [2.75, 3.05) is 14.2 Å². The van der Waals surface area contributed by atoms with Crippen LogP contribution < -0.4 is 14.8 Å². The van der Waals surface area contributed by atoms with Gasteiger partial charge in [-0.2, -0.15) is 0 Å². The highest BCUT2D eigenvalue weighted by Crippen LogP contribution is 2.27. The molecule has 0 spiro atoms. The minimum Gasteiger partial charge on any atom is -0.497 e. The molecule has 3 aromatic carbocycles. The summed E-state index contributed by atoms with van der Waals surface area (Å²) in [5.41, 5.74) is 4.26. The minimum absolute atomic E-state index is 0.00676. The number of benzene rings is 3. The topological polar surface area (TPSA) is 52.5 Å². The normalized spacial score (nSPS) is 11.8. The molecule has 1 heterocycles. The van der Waals surface area contributed by atoms with Crippen LogP contribution in [0.4, 0.5) is 0 Å². The SMILES string of the molecule is COc1cc(Cn2cc(CC(=O)NC(C)c3ccccc3)c3ccccc32)cc(OC)c1. The minimum atomic E-state index is -0.0405. The van der Waals surface area contributed by atoms with Crippen LogP contribution in [0.25, 0.3) is 10.9 Å². The number of methoxy groups -OCH3 is 2. The lowest BCUT2D eigenvalue weighted by Crippen LogP contribution is -2.28. The maximum atomic E-state index is 12.8. The monoisotopic (exact) mass is 428 g/mol. The molecule has 0 aliphatic heterocycles. The Kier molecular flexibility index (Phi) is 6.45. The molecule has 0 radical (unpaired) electrons. The summed E-state index contributed by atoms with van der Waals surface area (Å²) in [6, 6.07) is 24.0. The zero-order valence-electron chi connectivity index (χ0n) is 18.7. The average Bonchev–Trinajstić information content (AvgIpc) is 3.16. The Bertz CT molecular complexity index is 1190. The molecular weight excluding hydrogens is 400 g/mol. The van der Waals surface area contributed by atoms with E-state index in [1.807, 2.05) is 67.6 Å². The molecule has 5 nitrogen and oxygen atoms in total. The number of aromatic nitrogens is 1. The first kappa shape index (κ1) is 21.5. The summed E-state index contributed by atoms with van der Waals surface area (Å²) in [6.07, 6.45) is 2.40. The Morgan fingerprint density at radius 1 is 0.938 bits per heavy atom. The van der Waals surface area contributed by atoms with Gasteiger partial charge >= 0.3 is 0 Å². The second-order valence-corrected chi connectivity index (χ2v) is 7.90. The fourth-order valence-electron chi connectivity index (χ4n) is 4.04. The number of nitrogens with one attached hydrogen (secondary N) is 1. The van der Waals surface area contributed by atoms with E-state index in [2.05, 4.69) is 28.2 Å². The standard InChI is InChI=1S/C27H28N2O3/c1-19(21-9-5-4-6-10-21)28-27(30)15-22-18-29(26-12-8-7-11-25(22)26)17-20-13-23(31-2)16-24(14-20)32-3/h4-14,16,18-19H,15,17H2,1-3H3,(H,28,30). The van der Waals surface area contributed by atoms with Gasteiger partial charge in [0.05, 0.1) is 26.7 Å². The first-order valence-corrected chi connectivity index (χ1v) is 10.7. The van der Waals surface area contributed by atoms with Crippen molar-refractivity contribution in [3.8, 4) is 11.5 Å². The summed E-state index contributed by atoms with van der Waals surface area (Å²) in [5, 5.41) is 4.21. The van der Waals surface area contributed by atoms with E-state index in [-0.39, 0.29) is 11.9 Å². The molecule has 1 unspecified atom stereocenters. The molecule has 4 rings (SSSR count). The van der Waals surface area contributed by atoms with Crippen molar-refractivity contribution >= 4 is 16.8 Å². The Balaban J connectivity index is 1.57. The number of amides is 1. The van der Waals surface area contributed by atoms with Crippen LogP contribution >= 0.6 is 0 Å². The number of rotatable bonds is 8. The van der Waals surface area contributed by atoms with E-state index in [9.17, 15) is 4.79 Å². The highest BCUT2D eigenvalue weighted by molar-refractivity contribution is 5.89. The van der Waals surface area contributed by atoms with Crippen molar-refractivity contribution in [1.29, 1.82) is 0 Å². The van der Waals surface area contributed by atoms with Crippen molar-refractivity contribution in [2.45, 2.75) is 25.9 Å². The van der Waals surface area contributed by atoms with E-state index < -0.39 is 0 Å². The molecule has 0 aliphatic rings. The number of ether oxygens (including phenoxy) is 2. The summed E-state index contributed by atoms with van der Waals surface area (Å²) in [7, 11) is 3.30. The lowest BCUT2D eigenvalue weighted by molar-refractivity contribution is -0.121. The van der Waals surface area contributed by atoms with Gasteiger partial charge in [-0.3, -0.25) is 4.79 Å². The fraction of sp³-hybridized carbons (Fsp3) is 0.222. The first-order chi connectivity index (χ1) is 15.6. The van der Waals surface area contributed by atoms with Gasteiger partial charge in [-0.15, -0.1) is 0 Å². The van der Waals surface area contributed by atoms with Gasteiger partial charge in [-0.1, -0.05) is 48.5 Å². The number of carbonyl (C=O) groups is 1. The zero-order valence-corrected chi connectivity index (χ0v) is 18.7. The van der Waals surface area contributed by atoms with E-state index in [4.69, 9.17) is 9.47 Å². The van der Waals surface area contributed by atoms with Crippen LogP contribution in [0.2, 0.25) is 0 Å². The molecule has 5 heteroatoms. The van der Waals surface area contributed by atoms with E-state index in [0.29, 0.717) is 13.0 Å². The number of para-hydroxylation sites is 1. The number of fused-ring (bicyclic) bond motifs is 1. The van der Waals surface area contributed by atoms with E-state index >= 15 is 0 Å². The van der Waals surface area contributed by atoms with Crippen LogP contribution in [0.3, 0.4) is 0 Å². The summed E-state index contributed by atoms with van der Waals surface area (Å²) >= 11 is 0. The summed E-state index contributed by atoms with van der Waals surface area (Å²) < 4.78 is 13.0. The van der Waals surface area contributed by atoms with Crippen LogP contribution in [0, 0.1) is 0 Å². The third-order valence-corrected chi connectivity index (χ3v) is 5.66. The summed E-state index contributed by atoms with van der Waals surface area (Å²) in [6.45, 7) is 2.66. The molecule has 0 saturated heterocycles. The van der Waals surface area contributed by atoms with E-state index in [1.165, 1.54) is 0 Å². The largest absolute Gasteiger partial charge is 0.497 e. The second kappa shape index (κ2) is 9.60. The van der Waals surface area contributed by atoms with Crippen LogP contribution in [0.5, 0.6) is 11.5 Å². The first-order valence-electron chi connectivity index (χ1n) is 10.7. The summed E-state index contributed by atoms with van der Waals surface area (Å²) in [4.78, 5) is 12.8. The maximum absolute atomic E-state index is 12.8. The van der Waals surface area contributed by atoms with Gasteiger partial charge in [0.15, 0.2) is 0 Å². The van der Waals surface area contributed by atoms with Crippen LogP contribution in [-0.2, 0) is 17.8 Å². The third kappa shape index (κ3) is 4.78. The predicted molar refractivity (Wildman–Crippen MR) is 127 cm³/mol. The van der Waals surface area contributed by atoms with Gasteiger partial charge < -0.3 is 19.4 Å². The highest BCUT2D eigenvalue weighted by Gasteiger charge is 2.15. The number of nitrogens with zero attached hydrogens (tertiary/aromatic N) is 1. The smallest absolute Gasteiger partial charge is 0.224 e. The van der Waals surface area contributed by atoms with Crippen molar-refractivity contribution in [3.63, 3.8) is 0 Å². The maximum Gasteiger partial charge on any atom is 0.224 e. The van der Waals surface area contributed by atoms with Crippen molar-refractivity contribution in [1.82, 2.24) is 9.88 Å². The molecule has 4 aromatic rings. The van der Waals surface area contributed by atoms with Gasteiger partial charge in [0, 0.05) is 29.7 Å². The molecule has 164 valence electrons. The second-order valence-electron chi connectivity index (χ2n) is 7.90. The Morgan fingerprint density at radius 3 is 2.28 bits per heavy atom. The lowest BCUT2D eigenvalue weighted by Gasteiger charge is -2.14. The van der Waals surface area contributed by atoms with Gasteiger partial charge in [0.2, 0.25) is 5.91 Å². The molecule has 1 N–H and O–H groups in total. The predicted octanol–water partition coefficient (Wildman–Crippen LogP) is 5.13. The number of hydrogen-bond acceptors (Lipinski definition) is 3. The van der Waals surface area contributed by atoms with Crippen LogP contribution in [0.15, 0.2) is 79.0 Å². The van der Waals surface area contributed by atoms with Gasteiger partial charge in [0.1, 0.15) is 11.5 Å². The molecule has 32 heavy (non-hydrogen) atoms. The van der Waals surface area contributed by atoms with Crippen molar-refractivity contribution < 1.29 is 14.3 Å². The lowest BCUT2D eigenvalue weighted by atomic mass is 10.1. The van der Waals surface area contributed by atoms with Crippen molar-refractivity contribution in [3.05, 3.63) is 95.7 Å². The molecule has 0 bridgehead atoms. The van der Waals surface area contributed by atoms with Gasteiger partial charge in [-0.05, 0) is 41.8 Å². The third-order valence-electron chi connectivity index (χ3n) is 5.66. The van der Waals surface area contributed by atoms with Gasteiger partial charge in [-0.25, -0.2) is 0 Å². The Morgan fingerprint density at radius 2 is 1.59 bits per heavy atom. The van der Waals surface area contributed by atoms with Crippen LogP contribution in [0.1, 0.15) is 29.7 Å². The fourth-order valence-corrected chi connectivity index (χ4v) is 4.04. The molecule has 0 saturated carbocycles. The average molecular weight is 429 g/mol. The van der Waals surface area contributed by atoms with Gasteiger partial charge in [0.25, 0.3) is 0 Å². The molecule has 1 aromatic heterocycles. The Labute approximate surface area is 188 Å². The molecule has 0 aliphatic carbocycles. The summed E-state index contributed by atoms with van der Waals surface area (Å²) in [5.74, 6) is 1.52. The Hall–Kier alpha value is -3.73. The molecule has 0 fully saturated rings. The van der Waals surface area contributed by atoms with E-state index in [0.717, 1.165) is 39.1 Å². The van der Waals surface area contributed by atoms with E-state index in [1.54, 1.807) is 14.2 Å². The van der Waals surface area contributed by atoms with Crippen LogP contribution in [-0.4, -0.2) is 24.7 Å². The molecule has 1 atom stereocenters. The van der Waals surface area contributed by atoms with Crippen molar-refractivity contribution in [2.24, 2.45) is 0 Å². The highest BCUT2D eigenvalue weighted by atomic mass is 16.5. The number of hydrogen-bond donors (Lipinski definition) is 1. The zero-order chi connectivity index (χ0) is 22.5.